The number of fused-ring (bicyclic) bond motifs is 1. The molecule has 0 amide bonds. The van der Waals surface area contributed by atoms with Gasteiger partial charge in [0.05, 0.1) is 6.61 Å². The number of nitrogens with two attached hydrogens (primary N) is 1. The lowest BCUT2D eigenvalue weighted by Crippen LogP contribution is -2.28. The standard InChI is InChI=1S/C14H14F3NO/c1-2-19-12-8-4-5-9-10(12)6-3-7-11(9)13(18)14(15,16)17/h3-8,13H,2,18H2,1H3/t13-/m0/s1. The number of alkyl halides is 3. The lowest BCUT2D eigenvalue weighted by Gasteiger charge is -2.18. The molecule has 0 saturated heterocycles. The molecule has 2 rings (SSSR count). The Hall–Kier alpha value is -1.75. The van der Waals surface area contributed by atoms with E-state index in [0.717, 1.165) is 0 Å². The highest BCUT2D eigenvalue weighted by Crippen LogP contribution is 2.36. The lowest BCUT2D eigenvalue weighted by molar-refractivity contribution is -0.148. The summed E-state index contributed by atoms with van der Waals surface area (Å²) in [7, 11) is 0. The maximum Gasteiger partial charge on any atom is 0.407 e. The minimum Gasteiger partial charge on any atom is -0.493 e. The van der Waals surface area contributed by atoms with Crippen molar-refractivity contribution >= 4 is 10.8 Å². The second-order valence-corrected chi connectivity index (χ2v) is 4.15. The highest BCUT2D eigenvalue weighted by atomic mass is 19.4. The summed E-state index contributed by atoms with van der Waals surface area (Å²) in [6, 6.07) is 7.72. The molecule has 102 valence electrons. The number of rotatable bonds is 3. The average Bonchev–Trinajstić information content (AvgIpc) is 2.37. The van der Waals surface area contributed by atoms with Crippen LogP contribution < -0.4 is 10.5 Å². The molecule has 0 fully saturated rings. The molecule has 0 aliphatic carbocycles. The number of ether oxygens (including phenoxy) is 1. The van der Waals surface area contributed by atoms with Crippen LogP contribution in [-0.4, -0.2) is 12.8 Å². The molecule has 0 unspecified atom stereocenters. The van der Waals surface area contributed by atoms with Crippen molar-refractivity contribution in [2.24, 2.45) is 5.73 Å². The van der Waals surface area contributed by atoms with Gasteiger partial charge in [0.1, 0.15) is 11.8 Å². The normalized spacial score (nSPS) is 13.5. The van der Waals surface area contributed by atoms with Gasteiger partial charge in [0, 0.05) is 5.39 Å². The Labute approximate surface area is 109 Å². The summed E-state index contributed by atoms with van der Waals surface area (Å²) in [5.74, 6) is 0.566. The summed E-state index contributed by atoms with van der Waals surface area (Å²) in [5, 5.41) is 1.11. The fourth-order valence-corrected chi connectivity index (χ4v) is 2.03. The molecule has 0 bridgehead atoms. The second kappa shape index (κ2) is 5.09. The molecule has 1 atom stereocenters. The number of hydrogen-bond donors (Lipinski definition) is 1. The van der Waals surface area contributed by atoms with Crippen LogP contribution in [0.2, 0.25) is 0 Å². The van der Waals surface area contributed by atoms with Crippen molar-refractivity contribution in [3.63, 3.8) is 0 Å². The minimum atomic E-state index is -4.46. The smallest absolute Gasteiger partial charge is 0.407 e. The van der Waals surface area contributed by atoms with Crippen LogP contribution in [0, 0.1) is 0 Å². The molecule has 0 aliphatic heterocycles. The van der Waals surface area contributed by atoms with Crippen molar-refractivity contribution in [3.8, 4) is 5.75 Å². The van der Waals surface area contributed by atoms with Crippen LogP contribution in [0.3, 0.4) is 0 Å². The molecule has 0 heterocycles. The van der Waals surface area contributed by atoms with Gasteiger partial charge in [-0.3, -0.25) is 0 Å². The van der Waals surface area contributed by atoms with E-state index in [1.54, 1.807) is 30.3 Å². The Morgan fingerprint density at radius 3 is 2.37 bits per heavy atom. The molecular weight excluding hydrogens is 255 g/mol. The predicted molar refractivity (Wildman–Crippen MR) is 68.1 cm³/mol. The highest BCUT2D eigenvalue weighted by Gasteiger charge is 2.38. The first-order valence-corrected chi connectivity index (χ1v) is 5.92. The van der Waals surface area contributed by atoms with Gasteiger partial charge in [0.15, 0.2) is 0 Å². The van der Waals surface area contributed by atoms with Crippen LogP contribution >= 0.6 is 0 Å². The average molecular weight is 269 g/mol. The Kier molecular flexibility index (Phi) is 3.66. The second-order valence-electron chi connectivity index (χ2n) is 4.15. The maximum absolute atomic E-state index is 12.8. The van der Waals surface area contributed by atoms with Gasteiger partial charge in [0.25, 0.3) is 0 Å². The fraction of sp³-hybridized carbons (Fsp3) is 0.286. The Bertz CT molecular complexity index is 580. The highest BCUT2D eigenvalue weighted by molar-refractivity contribution is 5.91. The molecule has 0 saturated carbocycles. The van der Waals surface area contributed by atoms with E-state index in [2.05, 4.69) is 0 Å². The van der Waals surface area contributed by atoms with E-state index in [1.807, 2.05) is 6.92 Å². The lowest BCUT2D eigenvalue weighted by atomic mass is 9.98. The summed E-state index contributed by atoms with van der Waals surface area (Å²) < 4.78 is 43.7. The molecule has 2 nitrogen and oxygen atoms in total. The first-order valence-electron chi connectivity index (χ1n) is 5.92. The van der Waals surface area contributed by atoms with E-state index in [0.29, 0.717) is 23.1 Å². The van der Waals surface area contributed by atoms with Crippen LogP contribution in [0.4, 0.5) is 13.2 Å². The van der Waals surface area contributed by atoms with E-state index >= 15 is 0 Å². The molecular formula is C14H14F3NO. The molecule has 2 N–H and O–H groups in total. The van der Waals surface area contributed by atoms with Crippen LogP contribution in [-0.2, 0) is 0 Å². The van der Waals surface area contributed by atoms with Crippen LogP contribution in [0.1, 0.15) is 18.5 Å². The van der Waals surface area contributed by atoms with Crippen molar-refractivity contribution < 1.29 is 17.9 Å². The quantitative estimate of drug-likeness (QED) is 0.919. The van der Waals surface area contributed by atoms with Crippen LogP contribution in [0.5, 0.6) is 5.75 Å². The molecule has 19 heavy (non-hydrogen) atoms. The Morgan fingerprint density at radius 2 is 1.74 bits per heavy atom. The monoisotopic (exact) mass is 269 g/mol. The number of hydrogen-bond acceptors (Lipinski definition) is 2. The van der Waals surface area contributed by atoms with Crippen LogP contribution in [0.15, 0.2) is 36.4 Å². The Balaban J connectivity index is 2.61. The molecule has 2 aromatic rings. The zero-order chi connectivity index (χ0) is 14.0. The van der Waals surface area contributed by atoms with E-state index in [-0.39, 0.29) is 5.56 Å². The van der Waals surface area contributed by atoms with E-state index in [9.17, 15) is 13.2 Å². The van der Waals surface area contributed by atoms with Gasteiger partial charge in [-0.05, 0) is 23.9 Å². The summed E-state index contributed by atoms with van der Waals surface area (Å²) >= 11 is 0. The van der Waals surface area contributed by atoms with E-state index in [4.69, 9.17) is 10.5 Å². The number of halogens is 3. The van der Waals surface area contributed by atoms with Gasteiger partial charge in [-0.25, -0.2) is 0 Å². The molecule has 0 spiro atoms. The third-order valence-electron chi connectivity index (χ3n) is 2.90. The minimum absolute atomic E-state index is 0.0616. The maximum atomic E-state index is 12.8. The van der Waals surface area contributed by atoms with Crippen molar-refractivity contribution in [1.82, 2.24) is 0 Å². The van der Waals surface area contributed by atoms with E-state index < -0.39 is 12.2 Å². The molecule has 0 aliphatic rings. The van der Waals surface area contributed by atoms with Crippen LogP contribution in [0.25, 0.3) is 10.8 Å². The van der Waals surface area contributed by atoms with Gasteiger partial charge in [-0.1, -0.05) is 30.3 Å². The van der Waals surface area contributed by atoms with Gasteiger partial charge >= 0.3 is 6.18 Å². The SMILES string of the molecule is CCOc1cccc2c([C@H](N)C(F)(F)F)cccc12. The third kappa shape index (κ3) is 2.66. The van der Waals surface area contributed by atoms with E-state index in [1.165, 1.54) is 6.07 Å². The summed E-state index contributed by atoms with van der Waals surface area (Å²) in [5.41, 5.74) is 5.36. The van der Waals surface area contributed by atoms with Crippen molar-refractivity contribution in [3.05, 3.63) is 42.0 Å². The topological polar surface area (TPSA) is 35.2 Å². The Morgan fingerprint density at radius 1 is 1.11 bits per heavy atom. The number of benzene rings is 2. The molecule has 5 heteroatoms. The summed E-state index contributed by atoms with van der Waals surface area (Å²) in [6.07, 6.45) is -4.46. The molecule has 0 aromatic heterocycles. The molecule has 0 radical (unpaired) electrons. The van der Waals surface area contributed by atoms with Crippen molar-refractivity contribution in [2.45, 2.75) is 19.1 Å². The van der Waals surface area contributed by atoms with Gasteiger partial charge in [-0.2, -0.15) is 13.2 Å². The predicted octanol–water partition coefficient (Wildman–Crippen LogP) is 3.80. The first-order chi connectivity index (χ1) is 8.95. The summed E-state index contributed by atoms with van der Waals surface area (Å²) in [6.45, 7) is 2.28. The molecule has 2 aromatic carbocycles. The van der Waals surface area contributed by atoms with Crippen molar-refractivity contribution in [2.75, 3.05) is 6.61 Å². The first kappa shape index (κ1) is 13.7. The zero-order valence-electron chi connectivity index (χ0n) is 10.4. The third-order valence-corrected chi connectivity index (χ3v) is 2.90. The zero-order valence-corrected chi connectivity index (χ0v) is 10.4. The van der Waals surface area contributed by atoms with Crippen molar-refractivity contribution in [1.29, 1.82) is 0 Å². The fourth-order valence-electron chi connectivity index (χ4n) is 2.03. The largest absolute Gasteiger partial charge is 0.493 e. The van der Waals surface area contributed by atoms with Gasteiger partial charge < -0.3 is 10.5 Å². The summed E-state index contributed by atoms with van der Waals surface area (Å²) in [4.78, 5) is 0. The van der Waals surface area contributed by atoms with Gasteiger partial charge in [-0.15, -0.1) is 0 Å². The van der Waals surface area contributed by atoms with Gasteiger partial charge in [0.2, 0.25) is 0 Å².